The standard InChI is InChI=1S/C10H14N2O2S/c1-6(7-3-2-4-7)12-9-8(10(13)14)11-5-15-9/h5-7,12H,2-4H2,1H3,(H,13,14). The fourth-order valence-corrected chi connectivity index (χ4v) is 2.53. The molecule has 1 aliphatic carbocycles. The summed E-state index contributed by atoms with van der Waals surface area (Å²) in [6, 6.07) is 0.345. The average molecular weight is 226 g/mol. The lowest BCUT2D eigenvalue weighted by Gasteiger charge is -2.32. The van der Waals surface area contributed by atoms with E-state index in [0.29, 0.717) is 17.0 Å². The van der Waals surface area contributed by atoms with E-state index in [1.54, 1.807) is 5.51 Å². The summed E-state index contributed by atoms with van der Waals surface area (Å²) in [4.78, 5) is 14.7. The predicted molar refractivity (Wildman–Crippen MR) is 59.5 cm³/mol. The normalized spacial score (nSPS) is 18.2. The number of aromatic nitrogens is 1. The van der Waals surface area contributed by atoms with Gasteiger partial charge in [0.25, 0.3) is 0 Å². The maximum atomic E-state index is 10.8. The van der Waals surface area contributed by atoms with E-state index in [-0.39, 0.29) is 5.69 Å². The highest BCUT2D eigenvalue weighted by molar-refractivity contribution is 7.14. The van der Waals surface area contributed by atoms with Crippen LogP contribution in [-0.2, 0) is 0 Å². The molecule has 4 nitrogen and oxygen atoms in total. The van der Waals surface area contributed by atoms with Gasteiger partial charge in [0.15, 0.2) is 5.69 Å². The van der Waals surface area contributed by atoms with E-state index >= 15 is 0 Å². The maximum absolute atomic E-state index is 10.8. The molecule has 1 saturated carbocycles. The summed E-state index contributed by atoms with van der Waals surface area (Å²) in [5.74, 6) is -0.270. The molecule has 5 heteroatoms. The van der Waals surface area contributed by atoms with Gasteiger partial charge in [0.1, 0.15) is 5.00 Å². The lowest BCUT2D eigenvalue weighted by atomic mass is 9.80. The summed E-state index contributed by atoms with van der Waals surface area (Å²) in [5, 5.41) is 12.8. The van der Waals surface area contributed by atoms with Crippen molar-refractivity contribution in [2.75, 3.05) is 5.32 Å². The Morgan fingerprint density at radius 2 is 2.47 bits per heavy atom. The zero-order valence-electron chi connectivity index (χ0n) is 8.56. The fraction of sp³-hybridized carbons (Fsp3) is 0.600. The third-order valence-corrected chi connectivity index (χ3v) is 3.74. The minimum atomic E-state index is -0.959. The second kappa shape index (κ2) is 4.18. The van der Waals surface area contributed by atoms with Gasteiger partial charge in [0.2, 0.25) is 0 Å². The third kappa shape index (κ3) is 2.12. The van der Waals surface area contributed by atoms with Gasteiger partial charge in [-0.05, 0) is 25.7 Å². The van der Waals surface area contributed by atoms with Crippen molar-refractivity contribution >= 4 is 22.3 Å². The van der Waals surface area contributed by atoms with Crippen molar-refractivity contribution in [3.05, 3.63) is 11.2 Å². The fourth-order valence-electron chi connectivity index (χ4n) is 1.77. The zero-order chi connectivity index (χ0) is 10.8. The number of nitrogens with one attached hydrogen (secondary N) is 1. The summed E-state index contributed by atoms with van der Waals surface area (Å²) >= 11 is 1.36. The Morgan fingerprint density at radius 1 is 1.73 bits per heavy atom. The predicted octanol–water partition coefficient (Wildman–Crippen LogP) is 2.44. The molecular formula is C10H14N2O2S. The van der Waals surface area contributed by atoms with Crippen LogP contribution in [0.25, 0.3) is 0 Å². The summed E-state index contributed by atoms with van der Waals surface area (Å²) in [6.45, 7) is 2.11. The summed E-state index contributed by atoms with van der Waals surface area (Å²) in [7, 11) is 0. The SMILES string of the molecule is CC(Nc1scnc1C(=O)O)C1CCC1. The van der Waals surface area contributed by atoms with Crippen LogP contribution in [0.3, 0.4) is 0 Å². The van der Waals surface area contributed by atoms with Crippen LogP contribution in [0.4, 0.5) is 5.00 Å². The van der Waals surface area contributed by atoms with Crippen LogP contribution in [-0.4, -0.2) is 22.1 Å². The Balaban J connectivity index is 2.02. The molecular weight excluding hydrogens is 212 g/mol. The third-order valence-electron chi connectivity index (χ3n) is 2.99. The monoisotopic (exact) mass is 226 g/mol. The number of rotatable bonds is 4. The number of carbonyl (C=O) groups is 1. The van der Waals surface area contributed by atoms with Gasteiger partial charge in [-0.15, -0.1) is 11.3 Å². The molecule has 1 atom stereocenters. The van der Waals surface area contributed by atoms with Gasteiger partial charge in [0.05, 0.1) is 5.51 Å². The van der Waals surface area contributed by atoms with E-state index in [1.165, 1.54) is 30.6 Å². The number of aromatic carboxylic acids is 1. The number of hydrogen-bond acceptors (Lipinski definition) is 4. The lowest BCUT2D eigenvalue weighted by Crippen LogP contribution is -2.31. The van der Waals surface area contributed by atoms with E-state index in [0.717, 1.165) is 0 Å². The molecule has 1 unspecified atom stereocenters. The van der Waals surface area contributed by atoms with Crippen LogP contribution in [0.5, 0.6) is 0 Å². The molecule has 0 spiro atoms. The van der Waals surface area contributed by atoms with E-state index in [9.17, 15) is 4.79 Å². The smallest absolute Gasteiger partial charge is 0.357 e. The number of nitrogens with zero attached hydrogens (tertiary/aromatic N) is 1. The Bertz CT molecular complexity index is 360. The maximum Gasteiger partial charge on any atom is 0.357 e. The highest BCUT2D eigenvalue weighted by atomic mass is 32.1. The highest BCUT2D eigenvalue weighted by Crippen LogP contribution is 2.32. The molecule has 1 aromatic rings. The van der Waals surface area contributed by atoms with Crippen LogP contribution in [0, 0.1) is 5.92 Å². The largest absolute Gasteiger partial charge is 0.476 e. The Hall–Kier alpha value is -1.10. The van der Waals surface area contributed by atoms with Crippen molar-refractivity contribution in [1.82, 2.24) is 4.98 Å². The first-order valence-electron chi connectivity index (χ1n) is 5.12. The number of carboxylic acid groups (broad SMARTS) is 1. The van der Waals surface area contributed by atoms with Gasteiger partial charge < -0.3 is 10.4 Å². The van der Waals surface area contributed by atoms with E-state index in [1.807, 2.05) is 0 Å². The number of anilines is 1. The molecule has 0 bridgehead atoms. The Labute approximate surface area is 92.3 Å². The molecule has 2 rings (SSSR count). The molecule has 1 aliphatic rings. The van der Waals surface area contributed by atoms with Crippen LogP contribution in [0.2, 0.25) is 0 Å². The van der Waals surface area contributed by atoms with Crippen LogP contribution in [0.1, 0.15) is 36.7 Å². The quantitative estimate of drug-likeness (QED) is 0.827. The van der Waals surface area contributed by atoms with Crippen LogP contribution < -0.4 is 5.32 Å². The van der Waals surface area contributed by atoms with Crippen molar-refractivity contribution in [2.45, 2.75) is 32.2 Å². The first kappa shape index (κ1) is 10.4. The first-order chi connectivity index (χ1) is 7.18. The van der Waals surface area contributed by atoms with Gasteiger partial charge in [-0.2, -0.15) is 0 Å². The van der Waals surface area contributed by atoms with Crippen molar-refractivity contribution in [1.29, 1.82) is 0 Å². The molecule has 15 heavy (non-hydrogen) atoms. The minimum absolute atomic E-state index is 0.145. The average Bonchev–Trinajstić information content (AvgIpc) is 2.48. The molecule has 0 aliphatic heterocycles. The number of carboxylic acids is 1. The van der Waals surface area contributed by atoms with Crippen molar-refractivity contribution in [3.63, 3.8) is 0 Å². The molecule has 2 N–H and O–H groups in total. The molecule has 82 valence electrons. The van der Waals surface area contributed by atoms with Gasteiger partial charge in [-0.1, -0.05) is 6.42 Å². The molecule has 0 radical (unpaired) electrons. The van der Waals surface area contributed by atoms with Gasteiger partial charge in [0, 0.05) is 6.04 Å². The minimum Gasteiger partial charge on any atom is -0.476 e. The van der Waals surface area contributed by atoms with Crippen LogP contribution >= 0.6 is 11.3 Å². The van der Waals surface area contributed by atoms with Gasteiger partial charge in [-0.3, -0.25) is 0 Å². The van der Waals surface area contributed by atoms with Crippen LogP contribution in [0.15, 0.2) is 5.51 Å². The molecule has 0 amide bonds. The summed E-state index contributed by atoms with van der Waals surface area (Å²) in [5.41, 5.74) is 1.71. The summed E-state index contributed by atoms with van der Waals surface area (Å²) in [6.07, 6.45) is 3.79. The van der Waals surface area contributed by atoms with Gasteiger partial charge >= 0.3 is 5.97 Å². The molecule has 0 saturated heterocycles. The van der Waals surface area contributed by atoms with E-state index < -0.39 is 5.97 Å². The second-order valence-corrected chi connectivity index (χ2v) is 4.81. The Kier molecular flexibility index (Phi) is 2.90. The van der Waals surface area contributed by atoms with Crippen molar-refractivity contribution in [3.8, 4) is 0 Å². The Morgan fingerprint density at radius 3 is 3.00 bits per heavy atom. The number of hydrogen-bond donors (Lipinski definition) is 2. The molecule has 1 heterocycles. The van der Waals surface area contributed by atoms with E-state index in [2.05, 4.69) is 17.2 Å². The first-order valence-corrected chi connectivity index (χ1v) is 5.99. The van der Waals surface area contributed by atoms with Gasteiger partial charge in [-0.25, -0.2) is 9.78 Å². The van der Waals surface area contributed by atoms with Crippen molar-refractivity contribution in [2.24, 2.45) is 5.92 Å². The number of thiazole rings is 1. The van der Waals surface area contributed by atoms with Crippen molar-refractivity contribution < 1.29 is 9.90 Å². The highest BCUT2D eigenvalue weighted by Gasteiger charge is 2.25. The lowest BCUT2D eigenvalue weighted by molar-refractivity contribution is 0.0692. The molecule has 0 aromatic carbocycles. The zero-order valence-corrected chi connectivity index (χ0v) is 9.38. The molecule has 1 fully saturated rings. The second-order valence-electron chi connectivity index (χ2n) is 3.96. The van der Waals surface area contributed by atoms with E-state index in [4.69, 9.17) is 5.11 Å². The summed E-state index contributed by atoms with van der Waals surface area (Å²) < 4.78 is 0. The molecule has 1 aromatic heterocycles. The topological polar surface area (TPSA) is 62.2 Å².